The molecule has 0 aliphatic rings. The van der Waals surface area contributed by atoms with Crippen LogP contribution in [0.2, 0.25) is 0 Å². The van der Waals surface area contributed by atoms with Gasteiger partial charge in [0.05, 0.1) is 0 Å². The second-order valence-electron chi connectivity index (χ2n) is 5.88. The molecule has 0 saturated carbocycles. The highest BCUT2D eigenvalue weighted by Gasteiger charge is 2.24. The van der Waals surface area contributed by atoms with Gasteiger partial charge in [0.25, 0.3) is 0 Å². The van der Waals surface area contributed by atoms with Gasteiger partial charge in [0, 0.05) is 23.5 Å². The molecule has 1 unspecified atom stereocenters. The zero-order valence-corrected chi connectivity index (χ0v) is 13.4. The van der Waals surface area contributed by atoms with E-state index in [1.807, 2.05) is 32.9 Å². The first kappa shape index (κ1) is 15.4. The first-order chi connectivity index (χ1) is 9.79. The monoisotopic (exact) mass is 305 g/mol. The largest absolute Gasteiger partial charge is 0.350 e. The molecule has 21 heavy (non-hydrogen) atoms. The van der Waals surface area contributed by atoms with Crippen molar-refractivity contribution in [2.24, 2.45) is 0 Å². The molecule has 1 amide bonds. The first-order valence-corrected chi connectivity index (χ1v) is 7.10. The Bertz CT molecular complexity index is 683. The second kappa shape index (κ2) is 5.77. The van der Waals surface area contributed by atoms with Crippen LogP contribution in [0.5, 0.6) is 0 Å². The molecule has 0 spiro atoms. The van der Waals surface area contributed by atoms with Gasteiger partial charge in [-0.15, -0.1) is 0 Å². The fourth-order valence-corrected chi connectivity index (χ4v) is 2.24. The van der Waals surface area contributed by atoms with Crippen LogP contribution in [0.1, 0.15) is 33.7 Å². The molecule has 0 fully saturated rings. The molecule has 0 saturated heterocycles. The standard InChI is InChI=1S/C14H19N5OS/c1-9(12(20)16-14(2,3)4)19-11(17-18-13(19)21)10-6-5-7-15-8-10/h5-9H,1-4H3,(H,16,20)(H,18,21). The van der Waals surface area contributed by atoms with Crippen molar-refractivity contribution in [2.45, 2.75) is 39.3 Å². The first-order valence-electron chi connectivity index (χ1n) is 6.69. The molecule has 7 heteroatoms. The van der Waals surface area contributed by atoms with Gasteiger partial charge in [0.2, 0.25) is 5.91 Å². The Morgan fingerprint density at radius 1 is 1.48 bits per heavy atom. The molecule has 2 aromatic rings. The predicted octanol–water partition coefficient (Wildman–Crippen LogP) is 2.48. The van der Waals surface area contributed by atoms with E-state index in [1.165, 1.54) is 0 Å². The summed E-state index contributed by atoms with van der Waals surface area (Å²) in [6, 6.07) is 3.23. The molecule has 112 valence electrons. The number of hydrogen-bond acceptors (Lipinski definition) is 4. The number of carbonyl (C=O) groups excluding carboxylic acids is 1. The maximum atomic E-state index is 12.4. The van der Waals surface area contributed by atoms with Crippen molar-refractivity contribution in [3.05, 3.63) is 29.3 Å². The number of pyridine rings is 1. The number of amides is 1. The van der Waals surface area contributed by atoms with Gasteiger partial charge in [-0.05, 0) is 52.0 Å². The third kappa shape index (κ3) is 3.55. The number of aromatic amines is 1. The lowest BCUT2D eigenvalue weighted by Crippen LogP contribution is -2.43. The molecule has 2 rings (SSSR count). The van der Waals surface area contributed by atoms with Crippen molar-refractivity contribution in [2.75, 3.05) is 0 Å². The molecule has 1 atom stereocenters. The molecule has 0 aromatic carbocycles. The van der Waals surface area contributed by atoms with Gasteiger partial charge in [-0.2, -0.15) is 5.10 Å². The molecule has 0 radical (unpaired) electrons. The Hall–Kier alpha value is -2.02. The third-order valence-electron chi connectivity index (χ3n) is 2.89. The van der Waals surface area contributed by atoms with Gasteiger partial charge >= 0.3 is 0 Å². The minimum absolute atomic E-state index is 0.106. The summed E-state index contributed by atoms with van der Waals surface area (Å²) in [6.07, 6.45) is 3.38. The van der Waals surface area contributed by atoms with E-state index in [0.29, 0.717) is 10.6 Å². The summed E-state index contributed by atoms with van der Waals surface area (Å²) in [5.74, 6) is 0.495. The Labute approximate surface area is 128 Å². The van der Waals surface area contributed by atoms with Crippen molar-refractivity contribution in [1.82, 2.24) is 25.1 Å². The Morgan fingerprint density at radius 2 is 2.19 bits per heavy atom. The SMILES string of the molecule is CC(C(=O)NC(C)(C)C)n1c(-c2cccnc2)n[nH]c1=S. The lowest BCUT2D eigenvalue weighted by atomic mass is 10.1. The fourth-order valence-electron chi connectivity index (χ4n) is 1.95. The van der Waals surface area contributed by atoms with Crippen LogP contribution in [0.15, 0.2) is 24.5 Å². The number of H-pyrrole nitrogens is 1. The van der Waals surface area contributed by atoms with Gasteiger partial charge in [-0.3, -0.25) is 19.4 Å². The fraction of sp³-hybridized carbons (Fsp3) is 0.429. The number of rotatable bonds is 3. The predicted molar refractivity (Wildman–Crippen MR) is 83.2 cm³/mol. The van der Waals surface area contributed by atoms with E-state index in [0.717, 1.165) is 5.56 Å². The molecule has 6 nitrogen and oxygen atoms in total. The molecular formula is C14H19N5OS. The molecule has 0 bridgehead atoms. The minimum Gasteiger partial charge on any atom is -0.350 e. The van der Waals surface area contributed by atoms with E-state index < -0.39 is 6.04 Å². The average molecular weight is 305 g/mol. The van der Waals surface area contributed by atoms with Gasteiger partial charge in [-0.25, -0.2) is 0 Å². The van der Waals surface area contributed by atoms with Crippen LogP contribution in [0.25, 0.3) is 11.4 Å². The van der Waals surface area contributed by atoms with Gasteiger partial charge in [-0.1, -0.05) is 0 Å². The van der Waals surface area contributed by atoms with E-state index in [9.17, 15) is 4.79 Å². The minimum atomic E-state index is -0.467. The number of nitrogens with zero attached hydrogens (tertiary/aromatic N) is 3. The summed E-state index contributed by atoms with van der Waals surface area (Å²) in [6.45, 7) is 7.61. The molecule has 0 aliphatic carbocycles. The Morgan fingerprint density at radius 3 is 2.76 bits per heavy atom. The molecule has 0 aliphatic heterocycles. The van der Waals surface area contributed by atoms with Crippen LogP contribution < -0.4 is 5.32 Å². The van der Waals surface area contributed by atoms with Crippen molar-refractivity contribution in [3.8, 4) is 11.4 Å². The summed E-state index contributed by atoms with van der Waals surface area (Å²) in [4.78, 5) is 16.4. The quantitative estimate of drug-likeness (QED) is 0.854. The van der Waals surface area contributed by atoms with Crippen LogP contribution in [-0.2, 0) is 4.79 Å². The Kier molecular flexibility index (Phi) is 4.22. The third-order valence-corrected chi connectivity index (χ3v) is 3.18. The van der Waals surface area contributed by atoms with Crippen LogP contribution in [-0.4, -0.2) is 31.2 Å². The zero-order chi connectivity index (χ0) is 15.6. The summed E-state index contributed by atoms with van der Waals surface area (Å²) < 4.78 is 2.11. The highest BCUT2D eigenvalue weighted by Crippen LogP contribution is 2.20. The van der Waals surface area contributed by atoms with Crippen LogP contribution in [0.3, 0.4) is 0 Å². The molecule has 2 aromatic heterocycles. The van der Waals surface area contributed by atoms with Crippen LogP contribution >= 0.6 is 12.2 Å². The lowest BCUT2D eigenvalue weighted by Gasteiger charge is -2.24. The van der Waals surface area contributed by atoms with Gasteiger partial charge in [0.15, 0.2) is 10.6 Å². The highest BCUT2D eigenvalue weighted by atomic mass is 32.1. The Balaban J connectivity index is 2.39. The number of aromatic nitrogens is 4. The topological polar surface area (TPSA) is 75.6 Å². The zero-order valence-electron chi connectivity index (χ0n) is 12.5. The van der Waals surface area contributed by atoms with Crippen molar-refractivity contribution >= 4 is 18.1 Å². The van der Waals surface area contributed by atoms with E-state index in [2.05, 4.69) is 20.5 Å². The van der Waals surface area contributed by atoms with Crippen molar-refractivity contribution in [3.63, 3.8) is 0 Å². The van der Waals surface area contributed by atoms with Crippen molar-refractivity contribution < 1.29 is 4.79 Å². The summed E-state index contributed by atoms with van der Waals surface area (Å²) in [5, 5.41) is 9.90. The number of nitrogens with one attached hydrogen (secondary N) is 2. The summed E-state index contributed by atoms with van der Waals surface area (Å²) >= 11 is 5.25. The van der Waals surface area contributed by atoms with E-state index in [4.69, 9.17) is 12.2 Å². The number of hydrogen-bond donors (Lipinski definition) is 2. The van der Waals surface area contributed by atoms with E-state index >= 15 is 0 Å². The van der Waals surface area contributed by atoms with Gasteiger partial charge in [0.1, 0.15) is 6.04 Å². The molecular weight excluding hydrogens is 286 g/mol. The van der Waals surface area contributed by atoms with E-state index in [1.54, 1.807) is 23.9 Å². The van der Waals surface area contributed by atoms with E-state index in [-0.39, 0.29) is 11.4 Å². The van der Waals surface area contributed by atoms with Crippen LogP contribution in [0.4, 0.5) is 0 Å². The smallest absolute Gasteiger partial charge is 0.243 e. The summed E-state index contributed by atoms with van der Waals surface area (Å²) in [7, 11) is 0. The maximum Gasteiger partial charge on any atom is 0.243 e. The van der Waals surface area contributed by atoms with Crippen molar-refractivity contribution in [1.29, 1.82) is 0 Å². The summed E-state index contributed by atoms with van der Waals surface area (Å²) in [5.41, 5.74) is 0.506. The highest BCUT2D eigenvalue weighted by molar-refractivity contribution is 7.71. The maximum absolute atomic E-state index is 12.4. The second-order valence-corrected chi connectivity index (χ2v) is 6.27. The molecule has 2 N–H and O–H groups in total. The van der Waals surface area contributed by atoms with Gasteiger partial charge < -0.3 is 5.32 Å². The lowest BCUT2D eigenvalue weighted by molar-refractivity contribution is -0.125. The normalized spacial score (nSPS) is 13.0. The van der Waals surface area contributed by atoms with Crippen LogP contribution in [0, 0.1) is 4.77 Å². The average Bonchev–Trinajstić information content (AvgIpc) is 2.79. The number of carbonyl (C=O) groups is 1. The molecule has 2 heterocycles.